The molecule has 0 bridgehead atoms. The first-order valence-corrected chi connectivity index (χ1v) is 8.91. The highest BCUT2D eigenvalue weighted by Gasteiger charge is 2.18. The van der Waals surface area contributed by atoms with Crippen molar-refractivity contribution in [2.75, 3.05) is 16.0 Å². The normalized spacial score (nSPS) is 10.6. The zero-order valence-corrected chi connectivity index (χ0v) is 15.6. The van der Waals surface area contributed by atoms with Gasteiger partial charge < -0.3 is 11.1 Å². The maximum Gasteiger partial charge on any atom is 0.241 e. The third-order valence-electron chi connectivity index (χ3n) is 4.03. The predicted molar refractivity (Wildman–Crippen MR) is 108 cm³/mol. The van der Waals surface area contributed by atoms with Crippen LogP contribution in [-0.2, 0) is 6.54 Å². The maximum atomic E-state index is 13.4. The monoisotopic (exact) mass is 406 g/mol. The Morgan fingerprint density at radius 1 is 0.800 bits per heavy atom. The van der Waals surface area contributed by atoms with Gasteiger partial charge in [-0.05, 0) is 54.6 Å². The van der Waals surface area contributed by atoms with Crippen LogP contribution in [0.3, 0.4) is 0 Å². The summed E-state index contributed by atoms with van der Waals surface area (Å²) in [7, 11) is 0. The van der Waals surface area contributed by atoms with E-state index >= 15 is 0 Å². The van der Waals surface area contributed by atoms with Crippen molar-refractivity contribution >= 4 is 29.2 Å². The van der Waals surface area contributed by atoms with Crippen LogP contribution in [0.25, 0.3) is 0 Å². The molecule has 3 N–H and O–H groups in total. The summed E-state index contributed by atoms with van der Waals surface area (Å²) in [4.78, 5) is 22.6. The van der Waals surface area contributed by atoms with Crippen molar-refractivity contribution < 1.29 is 8.78 Å². The number of benzene rings is 2. The Hall–Kier alpha value is -4.21. The lowest BCUT2D eigenvalue weighted by atomic mass is 10.2. The summed E-state index contributed by atoms with van der Waals surface area (Å²) < 4.78 is 26.9. The van der Waals surface area contributed by atoms with Crippen molar-refractivity contribution in [1.29, 1.82) is 0 Å². The third kappa shape index (κ3) is 4.43. The van der Waals surface area contributed by atoms with E-state index in [4.69, 9.17) is 5.73 Å². The number of halogens is 2. The Bertz CT molecular complexity index is 1080. The summed E-state index contributed by atoms with van der Waals surface area (Å²) in [6.45, 7) is 0.275. The molecule has 4 aromatic rings. The van der Waals surface area contributed by atoms with Gasteiger partial charge in [-0.15, -0.1) is 0 Å². The minimum Gasteiger partial charge on any atom is -0.368 e. The van der Waals surface area contributed by atoms with Crippen molar-refractivity contribution in [3.8, 4) is 0 Å². The fourth-order valence-electron chi connectivity index (χ4n) is 2.70. The smallest absolute Gasteiger partial charge is 0.241 e. The van der Waals surface area contributed by atoms with Crippen LogP contribution in [0.15, 0.2) is 67.0 Å². The fourth-order valence-corrected chi connectivity index (χ4v) is 2.70. The number of nitrogens with one attached hydrogen (secondary N) is 1. The van der Waals surface area contributed by atoms with Gasteiger partial charge in [-0.2, -0.15) is 15.0 Å². The molecule has 0 amide bonds. The molecule has 0 saturated carbocycles. The summed E-state index contributed by atoms with van der Waals surface area (Å²) in [5, 5.41) is 3.00. The fraction of sp³-hybridized carbons (Fsp3) is 0.0500. The third-order valence-corrected chi connectivity index (χ3v) is 4.03. The summed E-state index contributed by atoms with van der Waals surface area (Å²) in [6, 6.07) is 13.2. The number of nitrogens with zero attached hydrogens (tertiary/aromatic N) is 6. The second-order valence-corrected chi connectivity index (χ2v) is 6.12. The number of aromatic nitrogens is 5. The van der Waals surface area contributed by atoms with Crippen LogP contribution in [0.4, 0.5) is 38.0 Å². The first kappa shape index (κ1) is 19.1. The Kier molecular flexibility index (Phi) is 5.37. The average Bonchev–Trinajstić information content (AvgIpc) is 2.76. The Morgan fingerprint density at radius 3 is 1.93 bits per heavy atom. The van der Waals surface area contributed by atoms with Crippen LogP contribution in [0, 0.1) is 11.6 Å². The van der Waals surface area contributed by atoms with Crippen LogP contribution in [0.5, 0.6) is 0 Å². The predicted octanol–water partition coefficient (Wildman–Crippen LogP) is 3.60. The van der Waals surface area contributed by atoms with E-state index in [1.807, 2.05) is 0 Å². The summed E-state index contributed by atoms with van der Waals surface area (Å²) in [5.41, 5.74) is 7.01. The Labute approximate surface area is 170 Å². The van der Waals surface area contributed by atoms with E-state index in [2.05, 4.69) is 30.2 Å². The van der Waals surface area contributed by atoms with E-state index < -0.39 is 11.6 Å². The molecule has 30 heavy (non-hydrogen) atoms. The quantitative estimate of drug-likeness (QED) is 0.500. The van der Waals surface area contributed by atoms with Crippen LogP contribution in [-0.4, -0.2) is 24.9 Å². The van der Waals surface area contributed by atoms with Gasteiger partial charge in [0.05, 0.1) is 6.54 Å². The molecular weight excluding hydrogens is 390 g/mol. The Balaban J connectivity index is 1.71. The van der Waals surface area contributed by atoms with E-state index in [9.17, 15) is 8.78 Å². The average molecular weight is 406 g/mol. The minimum atomic E-state index is -0.391. The molecule has 0 aliphatic rings. The molecule has 10 heteroatoms. The van der Waals surface area contributed by atoms with Gasteiger partial charge in [-0.25, -0.2) is 18.7 Å². The van der Waals surface area contributed by atoms with Gasteiger partial charge in [-0.3, -0.25) is 4.90 Å². The lowest BCUT2D eigenvalue weighted by Crippen LogP contribution is -2.17. The van der Waals surface area contributed by atoms with Crippen molar-refractivity contribution in [2.24, 2.45) is 0 Å². The first-order chi connectivity index (χ1) is 14.6. The Morgan fingerprint density at radius 2 is 1.37 bits per heavy atom. The van der Waals surface area contributed by atoms with Crippen LogP contribution >= 0.6 is 0 Å². The number of hydrogen-bond donors (Lipinski definition) is 2. The van der Waals surface area contributed by atoms with Gasteiger partial charge in [0.1, 0.15) is 17.5 Å². The number of nitrogen functional groups attached to an aromatic ring is 1. The van der Waals surface area contributed by atoms with Gasteiger partial charge in [0, 0.05) is 23.8 Å². The molecule has 4 rings (SSSR count). The molecule has 0 spiro atoms. The molecule has 0 saturated heterocycles. The lowest BCUT2D eigenvalue weighted by Gasteiger charge is -2.23. The molecule has 2 heterocycles. The lowest BCUT2D eigenvalue weighted by molar-refractivity contribution is 0.628. The van der Waals surface area contributed by atoms with E-state index in [1.54, 1.807) is 47.6 Å². The number of nitrogens with two attached hydrogens (primary N) is 1. The SMILES string of the molecule is Nc1nc(NCc2ncccn2)nc(N(c2ccc(F)cc2)c2ccc(F)cc2)n1. The standard InChI is InChI=1S/C20H16F2N8/c21-13-2-6-15(7-3-13)30(16-8-4-14(22)5-9-16)20-28-18(23)27-19(29-20)26-12-17-24-10-1-11-25-17/h1-11H,12H2,(H3,23,26,27,28,29). The van der Waals surface area contributed by atoms with E-state index in [0.717, 1.165) is 0 Å². The van der Waals surface area contributed by atoms with Gasteiger partial charge >= 0.3 is 0 Å². The van der Waals surface area contributed by atoms with Gasteiger partial charge in [0.15, 0.2) is 0 Å². The molecule has 0 fully saturated rings. The second kappa shape index (κ2) is 8.43. The molecule has 0 aliphatic carbocycles. The number of hydrogen-bond acceptors (Lipinski definition) is 8. The van der Waals surface area contributed by atoms with E-state index in [0.29, 0.717) is 17.2 Å². The van der Waals surface area contributed by atoms with Gasteiger partial charge in [0.2, 0.25) is 17.8 Å². The zero-order valence-electron chi connectivity index (χ0n) is 15.6. The van der Waals surface area contributed by atoms with Gasteiger partial charge in [0.25, 0.3) is 0 Å². The number of anilines is 5. The first-order valence-electron chi connectivity index (χ1n) is 8.91. The van der Waals surface area contributed by atoms with Crippen LogP contribution in [0.2, 0.25) is 0 Å². The summed E-state index contributed by atoms with van der Waals surface area (Å²) >= 11 is 0. The molecule has 150 valence electrons. The molecule has 2 aromatic carbocycles. The molecule has 8 nitrogen and oxygen atoms in total. The topological polar surface area (TPSA) is 106 Å². The zero-order chi connectivity index (χ0) is 20.9. The second-order valence-electron chi connectivity index (χ2n) is 6.12. The summed E-state index contributed by atoms with van der Waals surface area (Å²) in [6.07, 6.45) is 3.25. The highest BCUT2D eigenvalue weighted by atomic mass is 19.1. The number of rotatable bonds is 6. The molecule has 0 radical (unpaired) electrons. The molecule has 2 aromatic heterocycles. The maximum absolute atomic E-state index is 13.4. The van der Waals surface area contributed by atoms with Crippen molar-refractivity contribution in [3.05, 3.63) is 84.4 Å². The highest BCUT2D eigenvalue weighted by molar-refractivity contribution is 5.73. The van der Waals surface area contributed by atoms with Crippen LogP contribution in [0.1, 0.15) is 5.82 Å². The molecule has 0 aliphatic heterocycles. The van der Waals surface area contributed by atoms with E-state index in [1.165, 1.54) is 24.3 Å². The van der Waals surface area contributed by atoms with Crippen molar-refractivity contribution in [3.63, 3.8) is 0 Å². The largest absolute Gasteiger partial charge is 0.368 e. The van der Waals surface area contributed by atoms with Crippen LogP contribution < -0.4 is 16.0 Å². The van der Waals surface area contributed by atoms with E-state index in [-0.39, 0.29) is 24.4 Å². The highest BCUT2D eigenvalue weighted by Crippen LogP contribution is 2.32. The van der Waals surface area contributed by atoms with Crippen molar-refractivity contribution in [1.82, 2.24) is 24.9 Å². The summed E-state index contributed by atoms with van der Waals surface area (Å²) in [5.74, 6) is 0.130. The molecule has 0 atom stereocenters. The van der Waals surface area contributed by atoms with Crippen molar-refractivity contribution in [2.45, 2.75) is 6.54 Å². The molecule has 0 unspecified atom stereocenters. The molecular formula is C20H16F2N8. The minimum absolute atomic E-state index is 0.0225. The van der Waals surface area contributed by atoms with Gasteiger partial charge in [-0.1, -0.05) is 0 Å².